The molecule has 0 radical (unpaired) electrons. The highest BCUT2D eigenvalue weighted by molar-refractivity contribution is 5.94. The number of amides is 1. The van der Waals surface area contributed by atoms with Gasteiger partial charge in [0, 0.05) is 38.3 Å². The van der Waals surface area contributed by atoms with Crippen molar-refractivity contribution in [2.24, 2.45) is 0 Å². The lowest BCUT2D eigenvalue weighted by Crippen LogP contribution is -2.57. The SMILES string of the molecule is CC(=O)c1ccc(N2CCN(C(=O)C3COCCN3)CC2)c(F)c1. The minimum absolute atomic E-state index is 0.0433. The first-order valence-corrected chi connectivity index (χ1v) is 8.21. The second-order valence-electron chi connectivity index (χ2n) is 6.12. The lowest BCUT2D eigenvalue weighted by Gasteiger charge is -2.38. The molecule has 2 saturated heterocycles. The molecular weight excluding hydrogens is 313 g/mol. The fourth-order valence-corrected chi connectivity index (χ4v) is 3.09. The number of ether oxygens (including phenoxy) is 1. The van der Waals surface area contributed by atoms with Gasteiger partial charge in [0.1, 0.15) is 11.9 Å². The third-order valence-corrected chi connectivity index (χ3v) is 4.51. The zero-order chi connectivity index (χ0) is 17.1. The average Bonchev–Trinajstić information content (AvgIpc) is 2.62. The van der Waals surface area contributed by atoms with Gasteiger partial charge in [0.25, 0.3) is 0 Å². The van der Waals surface area contributed by atoms with Crippen LogP contribution in [0.4, 0.5) is 10.1 Å². The van der Waals surface area contributed by atoms with Gasteiger partial charge in [-0.15, -0.1) is 0 Å². The van der Waals surface area contributed by atoms with Gasteiger partial charge in [-0.3, -0.25) is 9.59 Å². The van der Waals surface area contributed by atoms with Gasteiger partial charge in [-0.1, -0.05) is 0 Å². The van der Waals surface area contributed by atoms with Gasteiger partial charge >= 0.3 is 0 Å². The molecule has 2 heterocycles. The molecule has 2 aliphatic heterocycles. The summed E-state index contributed by atoms with van der Waals surface area (Å²) in [7, 11) is 0. The lowest BCUT2D eigenvalue weighted by atomic mass is 10.1. The van der Waals surface area contributed by atoms with E-state index in [1.165, 1.54) is 13.0 Å². The number of nitrogens with one attached hydrogen (secondary N) is 1. The molecule has 0 aromatic heterocycles. The molecule has 130 valence electrons. The molecule has 0 spiro atoms. The van der Waals surface area contributed by atoms with Crippen LogP contribution in [0, 0.1) is 5.82 Å². The van der Waals surface area contributed by atoms with Crippen molar-refractivity contribution in [2.45, 2.75) is 13.0 Å². The Balaban J connectivity index is 1.60. The maximum Gasteiger partial charge on any atom is 0.242 e. The van der Waals surface area contributed by atoms with E-state index in [9.17, 15) is 14.0 Å². The third-order valence-electron chi connectivity index (χ3n) is 4.51. The molecule has 1 aromatic rings. The Kier molecular flexibility index (Phi) is 5.11. The van der Waals surface area contributed by atoms with Crippen LogP contribution in [-0.2, 0) is 9.53 Å². The number of morpholine rings is 1. The second kappa shape index (κ2) is 7.27. The molecule has 0 aliphatic carbocycles. The highest BCUT2D eigenvalue weighted by Gasteiger charge is 2.29. The molecule has 24 heavy (non-hydrogen) atoms. The number of Topliss-reactive ketones (excluding diaryl/α,β-unsaturated/α-hetero) is 1. The minimum atomic E-state index is -0.398. The molecule has 3 rings (SSSR count). The van der Waals surface area contributed by atoms with E-state index < -0.39 is 5.82 Å². The summed E-state index contributed by atoms with van der Waals surface area (Å²) in [6.07, 6.45) is 0. The number of hydrogen-bond donors (Lipinski definition) is 1. The summed E-state index contributed by atoms with van der Waals surface area (Å²) < 4.78 is 19.6. The summed E-state index contributed by atoms with van der Waals surface area (Å²) >= 11 is 0. The third kappa shape index (κ3) is 3.57. The second-order valence-corrected chi connectivity index (χ2v) is 6.12. The Morgan fingerprint density at radius 1 is 1.25 bits per heavy atom. The molecular formula is C17H22FN3O3. The van der Waals surface area contributed by atoms with Crippen molar-refractivity contribution < 1.29 is 18.7 Å². The predicted molar refractivity (Wildman–Crippen MR) is 87.8 cm³/mol. The van der Waals surface area contributed by atoms with Crippen molar-refractivity contribution in [1.82, 2.24) is 10.2 Å². The predicted octanol–water partition coefficient (Wildman–Crippen LogP) is 0.665. The summed E-state index contributed by atoms with van der Waals surface area (Å²) in [4.78, 5) is 27.5. The Bertz CT molecular complexity index is 624. The van der Waals surface area contributed by atoms with Gasteiger partial charge in [0.15, 0.2) is 5.78 Å². The fourth-order valence-electron chi connectivity index (χ4n) is 3.09. The van der Waals surface area contributed by atoms with Gasteiger partial charge in [-0.25, -0.2) is 4.39 Å². The zero-order valence-corrected chi connectivity index (χ0v) is 13.8. The maximum absolute atomic E-state index is 14.2. The van der Waals surface area contributed by atoms with Gasteiger partial charge < -0.3 is 19.9 Å². The number of ketones is 1. The van der Waals surface area contributed by atoms with E-state index in [1.807, 2.05) is 4.90 Å². The number of halogens is 1. The van der Waals surface area contributed by atoms with Crippen LogP contribution in [0.2, 0.25) is 0 Å². The molecule has 7 heteroatoms. The van der Waals surface area contributed by atoms with Crippen molar-refractivity contribution >= 4 is 17.4 Å². The molecule has 1 N–H and O–H groups in total. The highest BCUT2D eigenvalue weighted by atomic mass is 19.1. The van der Waals surface area contributed by atoms with Crippen molar-refractivity contribution in [3.63, 3.8) is 0 Å². The van der Waals surface area contributed by atoms with E-state index in [4.69, 9.17) is 4.74 Å². The van der Waals surface area contributed by atoms with Crippen LogP contribution in [-0.4, -0.2) is 68.6 Å². The Hall–Kier alpha value is -1.99. The first-order chi connectivity index (χ1) is 11.6. The number of hydrogen-bond acceptors (Lipinski definition) is 5. The van der Waals surface area contributed by atoms with Crippen LogP contribution >= 0.6 is 0 Å². The summed E-state index contributed by atoms with van der Waals surface area (Å²) in [5, 5.41) is 3.16. The number of anilines is 1. The van der Waals surface area contributed by atoms with E-state index in [1.54, 1.807) is 17.0 Å². The van der Waals surface area contributed by atoms with Gasteiger partial charge in [0.2, 0.25) is 5.91 Å². The zero-order valence-electron chi connectivity index (χ0n) is 13.8. The molecule has 6 nitrogen and oxygen atoms in total. The maximum atomic E-state index is 14.2. The van der Waals surface area contributed by atoms with E-state index in [0.29, 0.717) is 57.2 Å². The number of carbonyl (C=O) groups excluding carboxylic acids is 2. The van der Waals surface area contributed by atoms with Crippen molar-refractivity contribution in [1.29, 1.82) is 0 Å². The molecule has 0 saturated carbocycles. The fraction of sp³-hybridized carbons (Fsp3) is 0.529. The standard InChI is InChI=1S/C17H22FN3O3/c1-12(22)13-2-3-16(14(18)10-13)20-5-7-21(8-6-20)17(23)15-11-24-9-4-19-15/h2-3,10,15,19H,4-9,11H2,1H3. The number of piperazine rings is 1. The molecule has 2 aliphatic rings. The summed E-state index contributed by atoms with van der Waals surface area (Å²) in [6.45, 7) is 5.36. The normalized spacial score (nSPS) is 21.7. The molecule has 2 fully saturated rings. The number of rotatable bonds is 3. The monoisotopic (exact) mass is 335 g/mol. The van der Waals surface area contributed by atoms with Crippen molar-refractivity contribution in [2.75, 3.05) is 50.8 Å². The largest absolute Gasteiger partial charge is 0.378 e. The highest BCUT2D eigenvalue weighted by Crippen LogP contribution is 2.22. The molecule has 1 atom stereocenters. The quantitative estimate of drug-likeness (QED) is 0.823. The Morgan fingerprint density at radius 3 is 2.58 bits per heavy atom. The summed E-state index contributed by atoms with van der Waals surface area (Å²) in [5.74, 6) is -0.510. The van der Waals surface area contributed by atoms with Crippen LogP contribution in [0.25, 0.3) is 0 Å². The number of nitrogens with zero attached hydrogens (tertiary/aromatic N) is 2. The van der Waals surface area contributed by atoms with Crippen LogP contribution in [0.5, 0.6) is 0 Å². The molecule has 0 bridgehead atoms. The first-order valence-electron chi connectivity index (χ1n) is 8.21. The Labute approximate surface area is 140 Å². The topological polar surface area (TPSA) is 61.9 Å². The smallest absolute Gasteiger partial charge is 0.242 e. The van der Waals surface area contributed by atoms with Gasteiger partial charge in [-0.2, -0.15) is 0 Å². The molecule has 1 amide bonds. The number of benzene rings is 1. The van der Waals surface area contributed by atoms with Gasteiger partial charge in [0.05, 0.1) is 18.9 Å². The minimum Gasteiger partial charge on any atom is -0.378 e. The van der Waals surface area contributed by atoms with Crippen molar-refractivity contribution in [3.8, 4) is 0 Å². The van der Waals surface area contributed by atoms with Gasteiger partial charge in [-0.05, 0) is 25.1 Å². The Morgan fingerprint density at radius 2 is 2.00 bits per heavy atom. The number of carbonyl (C=O) groups is 2. The lowest BCUT2D eigenvalue weighted by molar-refractivity contribution is -0.136. The van der Waals surface area contributed by atoms with Crippen LogP contribution in [0.3, 0.4) is 0 Å². The van der Waals surface area contributed by atoms with E-state index >= 15 is 0 Å². The van der Waals surface area contributed by atoms with Crippen LogP contribution < -0.4 is 10.2 Å². The molecule has 1 unspecified atom stereocenters. The van der Waals surface area contributed by atoms with Crippen molar-refractivity contribution in [3.05, 3.63) is 29.6 Å². The average molecular weight is 335 g/mol. The van der Waals surface area contributed by atoms with E-state index in [-0.39, 0.29) is 17.7 Å². The summed E-state index contributed by atoms with van der Waals surface area (Å²) in [5.41, 5.74) is 0.847. The van der Waals surface area contributed by atoms with E-state index in [0.717, 1.165) is 0 Å². The van der Waals surface area contributed by atoms with Crippen LogP contribution in [0.1, 0.15) is 17.3 Å². The molecule has 1 aromatic carbocycles. The first kappa shape index (κ1) is 16.9. The van der Waals surface area contributed by atoms with E-state index in [2.05, 4.69) is 5.32 Å². The van der Waals surface area contributed by atoms with Crippen LogP contribution in [0.15, 0.2) is 18.2 Å². The summed E-state index contributed by atoms with van der Waals surface area (Å²) in [6, 6.07) is 4.28.